The van der Waals surface area contributed by atoms with E-state index >= 15 is 0 Å². The fraction of sp³-hybridized carbons (Fsp3) is 0.929. The van der Waals surface area contributed by atoms with Crippen molar-refractivity contribution in [2.75, 3.05) is 6.54 Å². The van der Waals surface area contributed by atoms with E-state index in [9.17, 15) is 4.79 Å². The smallest absolute Gasteiger partial charge is 0.220 e. The highest BCUT2D eigenvalue weighted by molar-refractivity contribution is 5.76. The molecule has 0 aliphatic rings. The Morgan fingerprint density at radius 1 is 1.06 bits per heavy atom. The van der Waals surface area contributed by atoms with Gasteiger partial charge < -0.3 is 11.1 Å². The average molecular weight is 242 g/mol. The fourth-order valence-corrected chi connectivity index (χ4v) is 1.11. The van der Waals surface area contributed by atoms with Gasteiger partial charge in [-0.25, -0.2) is 0 Å². The van der Waals surface area contributed by atoms with Crippen LogP contribution in [-0.2, 0) is 4.79 Å². The number of hydrogen-bond acceptors (Lipinski definition) is 2. The molecule has 0 spiro atoms. The van der Waals surface area contributed by atoms with Crippen molar-refractivity contribution in [3.63, 3.8) is 0 Å². The summed E-state index contributed by atoms with van der Waals surface area (Å²) in [5, 5.41) is 3.01. The van der Waals surface area contributed by atoms with Crippen molar-refractivity contribution in [1.29, 1.82) is 0 Å². The summed E-state index contributed by atoms with van der Waals surface area (Å²) in [4.78, 5) is 11.7. The SMILES string of the molecule is CC(C)(N)CCC(=O)NCC(C)(C)C(C)(C)C. The van der Waals surface area contributed by atoms with Gasteiger partial charge in [-0.3, -0.25) is 4.79 Å². The summed E-state index contributed by atoms with van der Waals surface area (Å²) in [5.74, 6) is 0.0980. The first-order chi connectivity index (χ1) is 7.35. The van der Waals surface area contributed by atoms with E-state index in [-0.39, 0.29) is 22.3 Å². The van der Waals surface area contributed by atoms with Crippen molar-refractivity contribution in [1.82, 2.24) is 5.32 Å². The molecule has 0 aromatic heterocycles. The van der Waals surface area contributed by atoms with E-state index < -0.39 is 0 Å². The molecule has 0 saturated heterocycles. The van der Waals surface area contributed by atoms with Gasteiger partial charge in [0, 0.05) is 18.5 Å². The molecular formula is C14H30N2O. The summed E-state index contributed by atoms with van der Waals surface area (Å²) in [5.41, 5.74) is 5.85. The Labute approximate surface area is 107 Å². The Morgan fingerprint density at radius 2 is 1.53 bits per heavy atom. The molecule has 0 saturated carbocycles. The predicted octanol–water partition coefficient (Wildman–Crippen LogP) is 2.69. The Bertz CT molecular complexity index is 256. The zero-order chi connectivity index (χ0) is 13.9. The van der Waals surface area contributed by atoms with Crippen LogP contribution >= 0.6 is 0 Å². The lowest BCUT2D eigenvalue weighted by Crippen LogP contribution is -2.42. The quantitative estimate of drug-likeness (QED) is 0.779. The molecule has 0 heterocycles. The van der Waals surface area contributed by atoms with Crippen LogP contribution < -0.4 is 11.1 Å². The van der Waals surface area contributed by atoms with Gasteiger partial charge in [0.25, 0.3) is 0 Å². The minimum absolute atomic E-state index is 0.0842. The van der Waals surface area contributed by atoms with Crippen LogP contribution in [0.15, 0.2) is 0 Å². The van der Waals surface area contributed by atoms with Gasteiger partial charge in [-0.1, -0.05) is 34.6 Å². The predicted molar refractivity (Wildman–Crippen MR) is 73.7 cm³/mol. The van der Waals surface area contributed by atoms with E-state index in [1.54, 1.807) is 0 Å². The maximum absolute atomic E-state index is 11.7. The minimum Gasteiger partial charge on any atom is -0.356 e. The Morgan fingerprint density at radius 3 is 1.88 bits per heavy atom. The first kappa shape index (κ1) is 16.4. The molecule has 0 unspecified atom stereocenters. The molecule has 102 valence electrons. The highest BCUT2D eigenvalue weighted by atomic mass is 16.1. The summed E-state index contributed by atoms with van der Waals surface area (Å²) < 4.78 is 0. The molecule has 17 heavy (non-hydrogen) atoms. The minimum atomic E-state index is -0.267. The lowest BCUT2D eigenvalue weighted by atomic mass is 9.69. The number of nitrogens with two attached hydrogens (primary N) is 1. The molecule has 3 heteroatoms. The molecule has 0 bridgehead atoms. The van der Waals surface area contributed by atoms with Crippen molar-refractivity contribution in [2.45, 2.75) is 66.8 Å². The van der Waals surface area contributed by atoms with E-state index in [0.717, 1.165) is 6.42 Å². The molecule has 1 amide bonds. The summed E-state index contributed by atoms with van der Waals surface area (Å²) in [6.45, 7) is 15.5. The van der Waals surface area contributed by atoms with Gasteiger partial charge in [-0.2, -0.15) is 0 Å². The molecule has 0 aromatic carbocycles. The molecule has 3 nitrogen and oxygen atoms in total. The van der Waals surface area contributed by atoms with Crippen molar-refractivity contribution < 1.29 is 4.79 Å². The normalized spacial score (nSPS) is 13.6. The van der Waals surface area contributed by atoms with Crippen LogP contribution in [0.1, 0.15) is 61.3 Å². The fourth-order valence-electron chi connectivity index (χ4n) is 1.11. The number of nitrogens with one attached hydrogen (secondary N) is 1. The second kappa shape index (κ2) is 5.38. The summed E-state index contributed by atoms with van der Waals surface area (Å²) in [6, 6.07) is 0. The largest absolute Gasteiger partial charge is 0.356 e. The van der Waals surface area contributed by atoms with Gasteiger partial charge in [0.05, 0.1) is 0 Å². The van der Waals surface area contributed by atoms with Crippen LogP contribution in [0.3, 0.4) is 0 Å². The van der Waals surface area contributed by atoms with Crippen LogP contribution in [0, 0.1) is 10.8 Å². The highest BCUT2D eigenvalue weighted by Crippen LogP contribution is 2.36. The third kappa shape index (κ3) is 6.67. The van der Waals surface area contributed by atoms with Gasteiger partial charge in [0.15, 0.2) is 0 Å². The van der Waals surface area contributed by atoms with Crippen LogP contribution in [0.25, 0.3) is 0 Å². The van der Waals surface area contributed by atoms with E-state index in [0.29, 0.717) is 13.0 Å². The number of amides is 1. The lowest BCUT2D eigenvalue weighted by Gasteiger charge is -2.39. The van der Waals surface area contributed by atoms with E-state index in [1.807, 2.05) is 13.8 Å². The van der Waals surface area contributed by atoms with Crippen molar-refractivity contribution >= 4 is 5.91 Å². The Kier molecular flexibility index (Phi) is 5.20. The molecule has 0 aromatic rings. The second-order valence-electron chi connectivity index (χ2n) is 7.40. The van der Waals surface area contributed by atoms with Crippen LogP contribution in [0.5, 0.6) is 0 Å². The van der Waals surface area contributed by atoms with Crippen molar-refractivity contribution in [3.05, 3.63) is 0 Å². The van der Waals surface area contributed by atoms with Crippen LogP contribution in [0.2, 0.25) is 0 Å². The van der Waals surface area contributed by atoms with Gasteiger partial charge >= 0.3 is 0 Å². The number of carbonyl (C=O) groups excluding carboxylic acids is 1. The maximum Gasteiger partial charge on any atom is 0.220 e. The number of rotatable bonds is 5. The van der Waals surface area contributed by atoms with Gasteiger partial charge in [0.1, 0.15) is 0 Å². The molecule has 0 aliphatic heterocycles. The number of hydrogen-bond donors (Lipinski definition) is 2. The average Bonchev–Trinajstić information content (AvgIpc) is 2.08. The zero-order valence-corrected chi connectivity index (χ0v) is 12.6. The molecule has 0 atom stereocenters. The van der Waals surface area contributed by atoms with Gasteiger partial charge in [-0.15, -0.1) is 0 Å². The molecular weight excluding hydrogens is 212 g/mol. The molecule has 0 aliphatic carbocycles. The van der Waals surface area contributed by atoms with Gasteiger partial charge in [-0.05, 0) is 31.1 Å². The highest BCUT2D eigenvalue weighted by Gasteiger charge is 2.32. The Balaban J connectivity index is 4.09. The summed E-state index contributed by atoms with van der Waals surface area (Å²) >= 11 is 0. The Hall–Kier alpha value is -0.570. The third-order valence-electron chi connectivity index (χ3n) is 3.75. The van der Waals surface area contributed by atoms with Crippen molar-refractivity contribution in [2.24, 2.45) is 16.6 Å². The monoisotopic (exact) mass is 242 g/mol. The van der Waals surface area contributed by atoms with E-state index in [4.69, 9.17) is 5.73 Å². The third-order valence-corrected chi connectivity index (χ3v) is 3.75. The summed E-state index contributed by atoms with van der Waals surface area (Å²) in [7, 11) is 0. The topological polar surface area (TPSA) is 55.1 Å². The molecule has 0 radical (unpaired) electrons. The van der Waals surface area contributed by atoms with Gasteiger partial charge in [0.2, 0.25) is 5.91 Å². The lowest BCUT2D eigenvalue weighted by molar-refractivity contribution is -0.122. The second-order valence-corrected chi connectivity index (χ2v) is 7.40. The van der Waals surface area contributed by atoms with Crippen LogP contribution in [-0.4, -0.2) is 18.0 Å². The molecule has 0 fully saturated rings. The first-order valence-corrected chi connectivity index (χ1v) is 6.41. The van der Waals surface area contributed by atoms with Crippen molar-refractivity contribution in [3.8, 4) is 0 Å². The summed E-state index contributed by atoms with van der Waals surface area (Å²) in [6.07, 6.45) is 1.22. The maximum atomic E-state index is 11.7. The van der Waals surface area contributed by atoms with E-state index in [1.165, 1.54) is 0 Å². The first-order valence-electron chi connectivity index (χ1n) is 6.41. The van der Waals surface area contributed by atoms with E-state index in [2.05, 4.69) is 39.9 Å². The number of carbonyl (C=O) groups is 1. The van der Waals surface area contributed by atoms with Crippen LogP contribution in [0.4, 0.5) is 0 Å². The molecule has 0 rings (SSSR count). The standard InChI is InChI=1S/C14H30N2O/c1-12(2,3)13(4,5)10-16-11(17)8-9-14(6,7)15/h8-10,15H2,1-7H3,(H,16,17). The zero-order valence-electron chi connectivity index (χ0n) is 12.6. The molecule has 3 N–H and O–H groups in total.